The van der Waals surface area contributed by atoms with Crippen molar-refractivity contribution in [3.05, 3.63) is 0 Å². The lowest BCUT2D eigenvalue weighted by Gasteiger charge is -2.22. The second-order valence-electron chi connectivity index (χ2n) is 14.4. The summed E-state index contributed by atoms with van der Waals surface area (Å²) in [6.45, 7) is 16.0. The number of rotatable bonds is 37. The van der Waals surface area contributed by atoms with Crippen LogP contribution in [-0.4, -0.2) is 75.5 Å². The van der Waals surface area contributed by atoms with Crippen LogP contribution in [0.15, 0.2) is 0 Å². The van der Waals surface area contributed by atoms with E-state index in [0.717, 1.165) is 25.7 Å². The van der Waals surface area contributed by atoms with E-state index in [9.17, 15) is 9.59 Å². The molecule has 0 aliphatic rings. The highest BCUT2D eigenvalue weighted by molar-refractivity contribution is 5.69. The van der Waals surface area contributed by atoms with Gasteiger partial charge in [-0.15, -0.1) is 0 Å². The van der Waals surface area contributed by atoms with Gasteiger partial charge >= 0.3 is 11.9 Å². The third kappa shape index (κ3) is 35.0. The summed E-state index contributed by atoms with van der Waals surface area (Å²) in [4.78, 5) is 24.2. The van der Waals surface area contributed by atoms with Crippen LogP contribution in [0.3, 0.4) is 0 Å². The average molecular weight is 701 g/mol. The molecule has 0 aromatic rings. The Morgan fingerprint density at radius 1 is 0.367 bits per heavy atom. The van der Waals surface area contributed by atoms with Crippen LogP contribution < -0.4 is 0 Å². The van der Waals surface area contributed by atoms with Gasteiger partial charge in [-0.05, 0) is 47.5 Å². The number of carbonyl (C=O) groups excluding carboxylic acids is 2. The largest absolute Gasteiger partial charge is 0.463 e. The maximum absolute atomic E-state index is 12.2. The van der Waals surface area contributed by atoms with Gasteiger partial charge in [0.15, 0.2) is 0 Å². The number of hydrogen-bond donors (Lipinski definition) is 0. The van der Waals surface area contributed by atoms with Crippen molar-refractivity contribution in [1.29, 1.82) is 0 Å². The van der Waals surface area contributed by atoms with Crippen molar-refractivity contribution in [3.63, 3.8) is 0 Å². The average Bonchev–Trinajstić information content (AvgIpc) is 3.08. The smallest absolute Gasteiger partial charge is 0.306 e. The minimum absolute atomic E-state index is 0.103. The highest BCUT2D eigenvalue weighted by atomic mass is 16.6. The second-order valence-corrected chi connectivity index (χ2v) is 14.4. The topological polar surface area (TPSA) is 89.5 Å². The van der Waals surface area contributed by atoms with E-state index in [1.54, 1.807) is 0 Å². The van der Waals surface area contributed by atoms with E-state index in [0.29, 0.717) is 39.3 Å². The Morgan fingerprint density at radius 3 is 1.02 bits per heavy atom. The van der Waals surface area contributed by atoms with Crippen molar-refractivity contribution in [1.82, 2.24) is 0 Å². The van der Waals surface area contributed by atoms with E-state index >= 15 is 0 Å². The highest BCUT2D eigenvalue weighted by Gasteiger charge is 2.15. The first kappa shape index (κ1) is 47.8. The molecular weight excluding hydrogens is 620 g/mol. The summed E-state index contributed by atoms with van der Waals surface area (Å²) in [6, 6.07) is 0. The van der Waals surface area contributed by atoms with E-state index in [4.69, 9.17) is 28.4 Å². The fourth-order valence-corrected chi connectivity index (χ4v) is 5.50. The number of hydrogen-bond acceptors (Lipinski definition) is 8. The van der Waals surface area contributed by atoms with Gasteiger partial charge in [-0.3, -0.25) is 9.59 Å². The maximum atomic E-state index is 12.2. The zero-order valence-corrected chi connectivity index (χ0v) is 33.2. The van der Waals surface area contributed by atoms with Crippen molar-refractivity contribution in [2.24, 2.45) is 0 Å². The molecule has 0 spiro atoms. The second kappa shape index (κ2) is 35.2. The van der Waals surface area contributed by atoms with Gasteiger partial charge in [-0.1, -0.05) is 129 Å². The van der Waals surface area contributed by atoms with Gasteiger partial charge in [0.1, 0.15) is 12.7 Å². The van der Waals surface area contributed by atoms with E-state index < -0.39 is 0 Å². The van der Waals surface area contributed by atoms with Crippen molar-refractivity contribution in [3.8, 4) is 0 Å². The zero-order valence-electron chi connectivity index (χ0n) is 33.2. The molecule has 0 amide bonds. The molecule has 49 heavy (non-hydrogen) atoms. The molecule has 0 heterocycles. The summed E-state index contributed by atoms with van der Waals surface area (Å²) in [5.74, 6) is -0.281. The van der Waals surface area contributed by atoms with E-state index in [1.807, 2.05) is 34.6 Å². The van der Waals surface area contributed by atoms with E-state index in [1.165, 1.54) is 103 Å². The predicted molar refractivity (Wildman–Crippen MR) is 201 cm³/mol. The van der Waals surface area contributed by atoms with Crippen LogP contribution in [0.2, 0.25) is 0 Å². The Labute approximate surface area is 302 Å². The van der Waals surface area contributed by atoms with Crippen molar-refractivity contribution in [2.45, 2.75) is 220 Å². The summed E-state index contributed by atoms with van der Waals surface area (Å²) in [5.41, 5.74) is 0. The monoisotopic (exact) mass is 701 g/mol. The minimum atomic E-state index is -0.282. The van der Waals surface area contributed by atoms with Crippen LogP contribution in [0.25, 0.3) is 0 Å². The number of ether oxygens (including phenoxy) is 6. The molecule has 0 radical (unpaired) electrons. The lowest BCUT2D eigenvalue weighted by molar-refractivity contribution is -0.153. The standard InChI is InChI=1S/C41H80O8/c1-8-10-12-14-16-18-20-22-24-26-28-40(42)48-33-38(6)46-31-36(4)44-30-35(3)45-32-37(5)47-34-39(7)49-41(43)29-27-25-23-21-19-17-15-13-11-9-2/h35-39H,8-34H2,1-7H3. The molecule has 0 saturated heterocycles. The summed E-state index contributed by atoms with van der Waals surface area (Å²) in [7, 11) is 0. The van der Waals surface area contributed by atoms with Crippen molar-refractivity contribution >= 4 is 11.9 Å². The fourth-order valence-electron chi connectivity index (χ4n) is 5.50. The first-order valence-corrected chi connectivity index (χ1v) is 20.5. The highest BCUT2D eigenvalue weighted by Crippen LogP contribution is 2.13. The van der Waals surface area contributed by atoms with Crippen LogP contribution in [-0.2, 0) is 38.0 Å². The Morgan fingerprint density at radius 2 is 0.653 bits per heavy atom. The molecule has 0 fully saturated rings. The van der Waals surface area contributed by atoms with Gasteiger partial charge in [-0.25, -0.2) is 0 Å². The third-order valence-electron chi connectivity index (χ3n) is 8.74. The van der Waals surface area contributed by atoms with Crippen LogP contribution in [0.1, 0.15) is 190 Å². The molecule has 0 saturated carbocycles. The molecule has 0 bridgehead atoms. The normalized spacial score (nSPS) is 14.7. The lowest BCUT2D eigenvalue weighted by Crippen LogP contribution is -2.29. The molecule has 0 rings (SSSR count). The molecular formula is C41H80O8. The number of unbranched alkanes of at least 4 members (excludes halogenated alkanes) is 18. The van der Waals surface area contributed by atoms with Crippen LogP contribution in [0.4, 0.5) is 0 Å². The molecule has 0 aromatic carbocycles. The first-order valence-electron chi connectivity index (χ1n) is 20.5. The van der Waals surface area contributed by atoms with Gasteiger partial charge in [0.25, 0.3) is 0 Å². The molecule has 0 aliphatic carbocycles. The van der Waals surface area contributed by atoms with Gasteiger partial charge in [-0.2, -0.15) is 0 Å². The first-order chi connectivity index (χ1) is 23.7. The summed E-state index contributed by atoms with van der Waals surface area (Å²) in [6.07, 6.45) is 25.1. The predicted octanol–water partition coefficient (Wildman–Crippen LogP) is 10.7. The van der Waals surface area contributed by atoms with Crippen LogP contribution in [0.5, 0.6) is 0 Å². The molecule has 292 valence electrons. The van der Waals surface area contributed by atoms with Gasteiger partial charge in [0.05, 0.1) is 50.8 Å². The SMILES string of the molecule is CCCCCCCCCCCCC(=O)OCC(C)OCC(C)OCC(C)OCC(C)OCC(C)OC(=O)CCCCCCCCCCCC. The third-order valence-corrected chi connectivity index (χ3v) is 8.74. The minimum Gasteiger partial charge on any atom is -0.463 e. The van der Waals surface area contributed by atoms with Gasteiger partial charge in [0, 0.05) is 12.8 Å². The molecule has 5 unspecified atom stereocenters. The maximum Gasteiger partial charge on any atom is 0.306 e. The Bertz CT molecular complexity index is 732. The van der Waals surface area contributed by atoms with E-state index in [-0.39, 0.29) is 49.1 Å². The van der Waals surface area contributed by atoms with Crippen molar-refractivity contribution in [2.75, 3.05) is 33.0 Å². The molecule has 8 heteroatoms. The molecule has 0 aliphatic heterocycles. The molecule has 5 atom stereocenters. The summed E-state index contributed by atoms with van der Waals surface area (Å²) in [5, 5.41) is 0. The van der Waals surface area contributed by atoms with Crippen LogP contribution in [0, 0.1) is 0 Å². The Hall–Kier alpha value is -1.22. The quantitative estimate of drug-likeness (QED) is 0.0467. The van der Waals surface area contributed by atoms with Crippen molar-refractivity contribution < 1.29 is 38.0 Å². The fraction of sp³-hybridized carbons (Fsp3) is 0.951. The summed E-state index contributed by atoms with van der Waals surface area (Å²) >= 11 is 0. The molecule has 8 nitrogen and oxygen atoms in total. The zero-order chi connectivity index (χ0) is 36.4. The van der Waals surface area contributed by atoms with Crippen LogP contribution >= 0.6 is 0 Å². The Kier molecular flexibility index (Phi) is 34.3. The van der Waals surface area contributed by atoms with Gasteiger partial charge < -0.3 is 28.4 Å². The lowest BCUT2D eigenvalue weighted by atomic mass is 10.1. The summed E-state index contributed by atoms with van der Waals surface area (Å²) < 4.78 is 34.4. The molecule has 0 aromatic heterocycles. The number of esters is 2. The number of carbonyl (C=O) groups is 2. The Balaban J connectivity index is 3.74. The molecule has 0 N–H and O–H groups in total. The van der Waals surface area contributed by atoms with E-state index in [2.05, 4.69) is 13.8 Å². The van der Waals surface area contributed by atoms with Gasteiger partial charge in [0.2, 0.25) is 0 Å².